The number of benzene rings is 2. The van der Waals surface area contributed by atoms with Gasteiger partial charge in [-0.2, -0.15) is 0 Å². The second kappa shape index (κ2) is 11.3. The molecule has 2 fully saturated rings. The second-order valence-corrected chi connectivity index (χ2v) is 11.1. The highest BCUT2D eigenvalue weighted by Crippen LogP contribution is 2.43. The molecule has 6 rings (SSSR count). The third kappa shape index (κ3) is 5.24. The Balaban J connectivity index is 1.16. The first kappa shape index (κ1) is 29.2. The van der Waals surface area contributed by atoms with Crippen LogP contribution in [0.5, 0.6) is 11.5 Å². The van der Waals surface area contributed by atoms with Gasteiger partial charge >= 0.3 is 12.1 Å². The van der Waals surface area contributed by atoms with Crippen LogP contribution in [-0.4, -0.2) is 72.6 Å². The number of aromatic carboxylic acids is 1. The van der Waals surface area contributed by atoms with E-state index in [0.29, 0.717) is 37.1 Å². The predicted molar refractivity (Wildman–Crippen MR) is 154 cm³/mol. The Morgan fingerprint density at radius 3 is 2.57 bits per heavy atom. The zero-order chi connectivity index (χ0) is 31.3. The number of piperidine rings is 1. The van der Waals surface area contributed by atoms with Crippen LogP contribution < -0.4 is 30.0 Å². The van der Waals surface area contributed by atoms with E-state index in [1.807, 2.05) is 6.92 Å². The molecule has 2 atom stereocenters. The third-order valence-electron chi connectivity index (χ3n) is 8.10. The zero-order valence-electron chi connectivity index (χ0n) is 24.0. The summed E-state index contributed by atoms with van der Waals surface area (Å²) in [5.41, 5.74) is -0.388. The van der Waals surface area contributed by atoms with Crippen molar-refractivity contribution in [1.82, 2.24) is 9.88 Å². The molecule has 0 radical (unpaired) electrons. The van der Waals surface area contributed by atoms with Crippen molar-refractivity contribution in [3.05, 3.63) is 57.9 Å². The molecule has 12 nitrogen and oxygen atoms in total. The van der Waals surface area contributed by atoms with Gasteiger partial charge in [-0.15, -0.1) is 0 Å². The molecule has 0 aliphatic carbocycles. The van der Waals surface area contributed by atoms with Gasteiger partial charge in [-0.05, 0) is 25.1 Å². The fraction of sp³-hybridized carbons (Fsp3) is 0.400. The minimum atomic E-state index is -1.38. The fourth-order valence-electron chi connectivity index (χ4n) is 5.88. The average molecular weight is 613 g/mol. The number of amides is 2. The lowest BCUT2D eigenvalue weighted by atomic mass is 10.0. The zero-order valence-corrected chi connectivity index (χ0v) is 24.0. The maximum absolute atomic E-state index is 15.6. The van der Waals surface area contributed by atoms with Gasteiger partial charge in [0.2, 0.25) is 11.3 Å². The Morgan fingerprint density at radius 2 is 1.89 bits per heavy atom. The lowest BCUT2D eigenvalue weighted by Gasteiger charge is -2.36. The van der Waals surface area contributed by atoms with Gasteiger partial charge in [0, 0.05) is 45.1 Å². The molecular formula is C30H30F2N4O8. The maximum atomic E-state index is 15.6. The highest BCUT2D eigenvalue weighted by atomic mass is 19.1. The van der Waals surface area contributed by atoms with E-state index in [1.54, 1.807) is 15.5 Å². The topological polar surface area (TPSA) is 140 Å². The standard InChI is InChI=1S/C30H30F2N4O8/c1-15-14-42-28-25-20(27(38)21(29(39)40)13-35(15)25)10-23(32)26(28)34-7-5-18(6-8-34)43-24-4-3-17(9-22(24)31)36-12-19(44-30(36)41)11-33-16(2)37/h3-4,9-10,13,15,18-19H,5-8,11-12,14H2,1-2H3,(H,33,37)(H,39,40). The van der Waals surface area contributed by atoms with Crippen molar-refractivity contribution in [3.63, 3.8) is 0 Å². The highest BCUT2D eigenvalue weighted by molar-refractivity contribution is 5.97. The lowest BCUT2D eigenvalue weighted by Crippen LogP contribution is -2.39. The van der Waals surface area contributed by atoms with Crippen LogP contribution in [0.15, 0.2) is 35.3 Å². The Hall–Kier alpha value is -4.88. The van der Waals surface area contributed by atoms with Crippen molar-refractivity contribution in [1.29, 1.82) is 0 Å². The molecule has 3 aliphatic rings. The number of anilines is 2. The minimum Gasteiger partial charge on any atom is -0.487 e. The van der Waals surface area contributed by atoms with Gasteiger partial charge in [-0.25, -0.2) is 18.4 Å². The number of carboxylic acids is 1. The molecule has 232 valence electrons. The summed E-state index contributed by atoms with van der Waals surface area (Å²) in [6.45, 7) is 4.36. The first-order valence-electron chi connectivity index (χ1n) is 14.2. The first-order valence-corrected chi connectivity index (χ1v) is 14.2. The van der Waals surface area contributed by atoms with Crippen molar-refractivity contribution in [3.8, 4) is 11.5 Å². The van der Waals surface area contributed by atoms with Gasteiger partial charge in [-0.1, -0.05) is 0 Å². The summed E-state index contributed by atoms with van der Waals surface area (Å²) in [7, 11) is 0. The van der Waals surface area contributed by atoms with Crippen molar-refractivity contribution in [2.24, 2.45) is 0 Å². The van der Waals surface area contributed by atoms with Crippen molar-refractivity contribution < 1.29 is 42.5 Å². The van der Waals surface area contributed by atoms with Gasteiger partial charge in [0.25, 0.3) is 0 Å². The molecule has 1 aromatic heterocycles. The van der Waals surface area contributed by atoms with E-state index >= 15 is 8.78 Å². The number of hydrogen-bond acceptors (Lipinski definition) is 8. The fourth-order valence-corrected chi connectivity index (χ4v) is 5.88. The van der Waals surface area contributed by atoms with Crippen molar-refractivity contribution >= 4 is 40.2 Å². The molecule has 2 N–H and O–H groups in total. The van der Waals surface area contributed by atoms with Gasteiger partial charge in [0.15, 0.2) is 23.1 Å². The number of rotatable bonds is 7. The highest BCUT2D eigenvalue weighted by Gasteiger charge is 2.34. The average Bonchev–Trinajstić information content (AvgIpc) is 3.36. The van der Waals surface area contributed by atoms with Crippen molar-refractivity contribution in [2.45, 2.75) is 44.9 Å². The molecule has 44 heavy (non-hydrogen) atoms. The van der Waals surface area contributed by atoms with E-state index in [2.05, 4.69) is 5.32 Å². The van der Waals surface area contributed by atoms with Crippen LogP contribution in [0.25, 0.3) is 10.9 Å². The molecular weight excluding hydrogens is 582 g/mol. The summed E-state index contributed by atoms with van der Waals surface area (Å²) in [5.74, 6) is -2.79. The van der Waals surface area contributed by atoms with E-state index in [9.17, 15) is 24.3 Å². The number of carbonyl (C=O) groups excluding carboxylic acids is 2. The van der Waals surface area contributed by atoms with Crippen LogP contribution in [-0.2, 0) is 9.53 Å². The molecule has 0 bridgehead atoms. The summed E-state index contributed by atoms with van der Waals surface area (Å²) in [4.78, 5) is 51.0. The molecule has 2 amide bonds. The quantitative estimate of drug-likeness (QED) is 0.411. The van der Waals surface area contributed by atoms with Gasteiger partial charge < -0.3 is 34.1 Å². The summed E-state index contributed by atoms with van der Waals surface area (Å²) in [6, 6.07) is 4.98. The maximum Gasteiger partial charge on any atom is 0.414 e. The minimum absolute atomic E-state index is 0.0112. The number of halogens is 2. The van der Waals surface area contributed by atoms with Crippen LogP contribution in [0.1, 0.15) is 43.1 Å². The van der Waals surface area contributed by atoms with Crippen LogP contribution in [0, 0.1) is 11.6 Å². The van der Waals surface area contributed by atoms with Crippen LogP contribution in [0.4, 0.5) is 25.0 Å². The number of aromatic nitrogens is 1. The van der Waals surface area contributed by atoms with E-state index in [1.165, 1.54) is 30.2 Å². The molecule has 3 aliphatic heterocycles. The summed E-state index contributed by atoms with van der Waals surface area (Å²) >= 11 is 0. The number of carbonyl (C=O) groups is 3. The SMILES string of the molecule is CC(=O)NCC1CN(c2ccc(OC3CCN(c4c(F)cc5c(=O)c(C(=O)O)cn6c5c4OCC6C)CC3)c(F)c2)C(=O)O1. The van der Waals surface area contributed by atoms with E-state index in [0.717, 1.165) is 6.07 Å². The van der Waals surface area contributed by atoms with Crippen molar-refractivity contribution in [2.75, 3.05) is 42.6 Å². The normalized spacial score (nSPS) is 20.0. The Morgan fingerprint density at radius 1 is 1.14 bits per heavy atom. The molecule has 2 aromatic carbocycles. The molecule has 3 aromatic rings. The Kier molecular flexibility index (Phi) is 7.51. The van der Waals surface area contributed by atoms with E-state index < -0.39 is 40.8 Å². The monoisotopic (exact) mass is 612 g/mol. The van der Waals surface area contributed by atoms with E-state index in [4.69, 9.17) is 14.2 Å². The van der Waals surface area contributed by atoms with Crippen LogP contribution >= 0.6 is 0 Å². The number of nitrogens with one attached hydrogen (secondary N) is 1. The first-order chi connectivity index (χ1) is 21.0. The number of hydrogen-bond donors (Lipinski definition) is 2. The van der Waals surface area contributed by atoms with Crippen LogP contribution in [0.3, 0.4) is 0 Å². The van der Waals surface area contributed by atoms with Gasteiger partial charge in [-0.3, -0.25) is 14.5 Å². The second-order valence-electron chi connectivity index (χ2n) is 11.1. The lowest BCUT2D eigenvalue weighted by molar-refractivity contribution is -0.119. The molecule has 4 heterocycles. The molecule has 14 heteroatoms. The number of pyridine rings is 1. The van der Waals surface area contributed by atoms with Gasteiger partial charge in [0.1, 0.15) is 30.1 Å². The number of nitrogens with zero attached hydrogens (tertiary/aromatic N) is 3. The van der Waals surface area contributed by atoms with Crippen LogP contribution in [0.2, 0.25) is 0 Å². The summed E-state index contributed by atoms with van der Waals surface area (Å²) in [5, 5.41) is 12.0. The predicted octanol–water partition coefficient (Wildman–Crippen LogP) is 3.44. The molecule has 2 saturated heterocycles. The number of carboxylic acid groups (broad SMARTS) is 1. The molecule has 2 unspecified atom stereocenters. The van der Waals surface area contributed by atoms with Gasteiger partial charge in [0.05, 0.1) is 35.7 Å². The summed E-state index contributed by atoms with van der Waals surface area (Å²) < 4.78 is 49.4. The number of cyclic esters (lactones) is 1. The third-order valence-corrected chi connectivity index (χ3v) is 8.10. The molecule has 0 saturated carbocycles. The van der Waals surface area contributed by atoms with E-state index in [-0.39, 0.29) is 60.3 Å². The number of ether oxygens (including phenoxy) is 3. The largest absolute Gasteiger partial charge is 0.487 e. The smallest absolute Gasteiger partial charge is 0.414 e. The summed E-state index contributed by atoms with van der Waals surface area (Å²) in [6.07, 6.45) is 0.579. The Labute approximate surface area is 249 Å². The Bertz CT molecular complexity index is 1740. The molecule has 0 spiro atoms.